The van der Waals surface area contributed by atoms with Crippen molar-refractivity contribution in [3.05, 3.63) is 29.6 Å². The monoisotopic (exact) mass is 344 g/mol. The Bertz CT molecular complexity index is 722. The average molecular weight is 344 g/mol. The number of piperazine rings is 1. The van der Waals surface area contributed by atoms with Crippen LogP contribution in [-0.4, -0.2) is 60.9 Å². The van der Waals surface area contributed by atoms with Gasteiger partial charge in [-0.3, -0.25) is 9.59 Å². The standard InChI is InChI=1S/C18H21FN4O2/c1-2-21-12-14(10-17(21)24)18(25)23-7-5-22(6-8-23)16-4-3-13(11-20)9-15(16)19/h3-4,9,14H,2,5-8,10,12H2,1H3/t14-/m0/s1. The zero-order chi connectivity index (χ0) is 18.0. The first-order valence-electron chi connectivity index (χ1n) is 8.54. The summed E-state index contributed by atoms with van der Waals surface area (Å²) in [5, 5.41) is 8.82. The molecule has 2 aliphatic rings. The predicted octanol–water partition coefficient (Wildman–Crippen LogP) is 1.21. The van der Waals surface area contributed by atoms with E-state index in [-0.39, 0.29) is 24.2 Å². The number of benzene rings is 1. The van der Waals surface area contributed by atoms with Crippen LogP contribution in [0.3, 0.4) is 0 Å². The number of hydrogen-bond donors (Lipinski definition) is 0. The van der Waals surface area contributed by atoms with Crippen molar-refractivity contribution >= 4 is 17.5 Å². The maximum Gasteiger partial charge on any atom is 0.228 e. The molecule has 1 aromatic rings. The van der Waals surface area contributed by atoms with Crippen LogP contribution in [0.25, 0.3) is 0 Å². The molecule has 1 atom stereocenters. The van der Waals surface area contributed by atoms with Gasteiger partial charge in [0.15, 0.2) is 0 Å². The molecule has 2 amide bonds. The SMILES string of the molecule is CCN1C[C@@H](C(=O)N2CCN(c3ccc(C#N)cc3F)CC2)CC1=O. The Kier molecular flexibility index (Phi) is 4.88. The van der Waals surface area contributed by atoms with Gasteiger partial charge in [-0.05, 0) is 25.1 Å². The number of halogens is 1. The normalized spacial score (nSPS) is 20.8. The van der Waals surface area contributed by atoms with E-state index in [1.165, 1.54) is 6.07 Å². The number of carbonyl (C=O) groups is 2. The van der Waals surface area contributed by atoms with Crippen molar-refractivity contribution in [1.29, 1.82) is 5.26 Å². The van der Waals surface area contributed by atoms with Crippen LogP contribution in [-0.2, 0) is 9.59 Å². The van der Waals surface area contributed by atoms with E-state index < -0.39 is 5.82 Å². The number of hydrogen-bond acceptors (Lipinski definition) is 4. The predicted molar refractivity (Wildman–Crippen MR) is 90.3 cm³/mol. The van der Waals surface area contributed by atoms with Gasteiger partial charge in [0, 0.05) is 45.7 Å². The number of carbonyl (C=O) groups excluding carboxylic acids is 2. The number of likely N-dealkylation sites (tertiary alicyclic amines) is 1. The molecule has 2 aliphatic heterocycles. The number of amides is 2. The molecule has 0 N–H and O–H groups in total. The third-order valence-electron chi connectivity index (χ3n) is 4.95. The minimum Gasteiger partial charge on any atom is -0.366 e. The summed E-state index contributed by atoms with van der Waals surface area (Å²) in [4.78, 5) is 29.8. The van der Waals surface area contributed by atoms with Crippen LogP contribution in [0.5, 0.6) is 0 Å². The summed E-state index contributed by atoms with van der Waals surface area (Å²) in [5.74, 6) is -0.618. The highest BCUT2D eigenvalue weighted by Crippen LogP contribution is 2.24. The van der Waals surface area contributed by atoms with Gasteiger partial charge < -0.3 is 14.7 Å². The molecule has 0 saturated carbocycles. The Morgan fingerprint density at radius 2 is 2.04 bits per heavy atom. The molecule has 2 heterocycles. The largest absolute Gasteiger partial charge is 0.366 e. The quantitative estimate of drug-likeness (QED) is 0.827. The van der Waals surface area contributed by atoms with Crippen molar-refractivity contribution in [2.24, 2.45) is 5.92 Å². The molecule has 6 nitrogen and oxygen atoms in total. The first-order chi connectivity index (χ1) is 12.0. The number of anilines is 1. The van der Waals surface area contributed by atoms with Gasteiger partial charge in [0.2, 0.25) is 11.8 Å². The Hall–Kier alpha value is -2.62. The summed E-state index contributed by atoms with van der Waals surface area (Å²) < 4.78 is 14.1. The topological polar surface area (TPSA) is 67.7 Å². The first kappa shape index (κ1) is 17.2. The molecular weight excluding hydrogens is 323 g/mol. The molecular formula is C18H21FN4O2. The maximum atomic E-state index is 14.1. The van der Waals surface area contributed by atoms with Crippen molar-refractivity contribution in [2.45, 2.75) is 13.3 Å². The van der Waals surface area contributed by atoms with Crippen LogP contribution in [0.15, 0.2) is 18.2 Å². The van der Waals surface area contributed by atoms with Gasteiger partial charge in [0.1, 0.15) is 5.82 Å². The second-order valence-corrected chi connectivity index (χ2v) is 6.42. The molecule has 132 valence electrons. The van der Waals surface area contributed by atoms with Gasteiger partial charge in [-0.2, -0.15) is 5.26 Å². The number of nitriles is 1. The fourth-order valence-corrected chi connectivity index (χ4v) is 3.50. The van der Waals surface area contributed by atoms with Crippen LogP contribution in [0, 0.1) is 23.1 Å². The minimum atomic E-state index is -0.418. The lowest BCUT2D eigenvalue weighted by molar-refractivity contribution is -0.136. The third kappa shape index (κ3) is 3.43. The molecule has 25 heavy (non-hydrogen) atoms. The summed E-state index contributed by atoms with van der Waals surface area (Å²) in [6.45, 7) is 5.13. The Balaban J connectivity index is 1.60. The van der Waals surface area contributed by atoms with Crippen molar-refractivity contribution in [3.63, 3.8) is 0 Å². The van der Waals surface area contributed by atoms with Crippen LogP contribution in [0.1, 0.15) is 18.9 Å². The fraction of sp³-hybridized carbons (Fsp3) is 0.500. The van der Waals surface area contributed by atoms with Crippen molar-refractivity contribution in [2.75, 3.05) is 44.2 Å². The number of rotatable bonds is 3. The van der Waals surface area contributed by atoms with Gasteiger partial charge in [-0.25, -0.2) is 4.39 Å². The molecule has 0 aliphatic carbocycles. The van der Waals surface area contributed by atoms with Gasteiger partial charge in [0.05, 0.1) is 23.2 Å². The van der Waals surface area contributed by atoms with Gasteiger partial charge in [0.25, 0.3) is 0 Å². The highest BCUT2D eigenvalue weighted by atomic mass is 19.1. The Morgan fingerprint density at radius 3 is 2.60 bits per heavy atom. The molecule has 0 bridgehead atoms. The van der Waals surface area contributed by atoms with E-state index in [2.05, 4.69) is 0 Å². The van der Waals surface area contributed by atoms with Crippen LogP contribution in [0.2, 0.25) is 0 Å². The molecule has 0 aromatic heterocycles. The smallest absolute Gasteiger partial charge is 0.228 e. The van der Waals surface area contributed by atoms with Crippen molar-refractivity contribution in [1.82, 2.24) is 9.80 Å². The lowest BCUT2D eigenvalue weighted by atomic mass is 10.1. The molecule has 0 radical (unpaired) electrons. The number of nitrogens with zero attached hydrogens (tertiary/aromatic N) is 4. The molecule has 0 spiro atoms. The molecule has 2 saturated heterocycles. The second-order valence-electron chi connectivity index (χ2n) is 6.42. The molecule has 2 fully saturated rings. The van der Waals surface area contributed by atoms with Crippen LogP contribution >= 0.6 is 0 Å². The van der Waals surface area contributed by atoms with Crippen molar-refractivity contribution in [3.8, 4) is 6.07 Å². The van der Waals surface area contributed by atoms with Gasteiger partial charge in [-0.1, -0.05) is 0 Å². The van der Waals surface area contributed by atoms with Gasteiger partial charge in [-0.15, -0.1) is 0 Å². The zero-order valence-electron chi connectivity index (χ0n) is 14.2. The Labute approximate surface area is 146 Å². The van der Waals surface area contributed by atoms with Crippen LogP contribution < -0.4 is 4.90 Å². The van der Waals surface area contributed by atoms with Gasteiger partial charge >= 0.3 is 0 Å². The van der Waals surface area contributed by atoms with E-state index in [0.29, 0.717) is 50.5 Å². The van der Waals surface area contributed by atoms with E-state index in [0.717, 1.165) is 0 Å². The van der Waals surface area contributed by atoms with Crippen molar-refractivity contribution < 1.29 is 14.0 Å². The summed E-state index contributed by atoms with van der Waals surface area (Å²) in [7, 11) is 0. The molecule has 0 unspecified atom stereocenters. The molecule has 1 aromatic carbocycles. The third-order valence-corrected chi connectivity index (χ3v) is 4.95. The highest BCUT2D eigenvalue weighted by Gasteiger charge is 2.36. The molecule has 3 rings (SSSR count). The summed E-state index contributed by atoms with van der Waals surface area (Å²) in [5.41, 5.74) is 0.751. The lowest BCUT2D eigenvalue weighted by Crippen LogP contribution is -2.51. The van der Waals surface area contributed by atoms with E-state index in [1.807, 2.05) is 17.9 Å². The average Bonchev–Trinajstić information content (AvgIpc) is 3.02. The second kappa shape index (κ2) is 7.09. The highest BCUT2D eigenvalue weighted by molar-refractivity contribution is 5.89. The summed E-state index contributed by atoms with van der Waals surface area (Å²) in [6.07, 6.45) is 0.289. The zero-order valence-corrected chi connectivity index (χ0v) is 14.2. The van der Waals surface area contributed by atoms with Crippen LogP contribution in [0.4, 0.5) is 10.1 Å². The maximum absolute atomic E-state index is 14.1. The van der Waals surface area contributed by atoms with E-state index >= 15 is 0 Å². The molecule has 7 heteroatoms. The summed E-state index contributed by atoms with van der Waals surface area (Å²) >= 11 is 0. The lowest BCUT2D eigenvalue weighted by Gasteiger charge is -2.37. The fourth-order valence-electron chi connectivity index (χ4n) is 3.50. The first-order valence-corrected chi connectivity index (χ1v) is 8.54. The minimum absolute atomic E-state index is 0.0178. The summed E-state index contributed by atoms with van der Waals surface area (Å²) in [6, 6.07) is 6.36. The van der Waals surface area contributed by atoms with E-state index in [4.69, 9.17) is 5.26 Å². The van der Waals surface area contributed by atoms with E-state index in [9.17, 15) is 14.0 Å². The Morgan fingerprint density at radius 1 is 1.32 bits per heavy atom. The van der Waals surface area contributed by atoms with E-state index in [1.54, 1.807) is 21.9 Å².